The molecule has 174 valence electrons. The number of carbonyl (C=O) groups excluding carboxylic acids is 2. The Morgan fingerprint density at radius 1 is 1.12 bits per heavy atom. The average Bonchev–Trinajstić information content (AvgIpc) is 3.41. The summed E-state index contributed by atoms with van der Waals surface area (Å²) in [6.07, 6.45) is 5.27. The van der Waals surface area contributed by atoms with Crippen molar-refractivity contribution < 1.29 is 19.1 Å². The number of hydrogen-bond donors (Lipinski definition) is 0. The number of nitrogens with zero attached hydrogens (tertiary/aromatic N) is 2. The molecule has 1 aromatic carbocycles. The lowest BCUT2D eigenvalue weighted by Crippen LogP contribution is -2.43. The first-order valence-corrected chi connectivity index (χ1v) is 12.7. The largest absolute Gasteiger partial charge is 0.454 e. The number of ketones is 1. The molecule has 4 aliphatic rings. The Morgan fingerprint density at radius 3 is 2.74 bits per heavy atom. The van der Waals surface area contributed by atoms with E-state index in [4.69, 9.17) is 9.47 Å². The fraction of sp³-hybridized carbons (Fsp3) is 0.444. The number of amides is 1. The number of aryl methyl sites for hydroxylation is 1. The lowest BCUT2D eigenvalue weighted by Gasteiger charge is -2.42. The molecular weight excluding hydrogens is 448 g/mol. The van der Waals surface area contributed by atoms with Crippen molar-refractivity contribution in [3.8, 4) is 17.6 Å². The van der Waals surface area contributed by atoms with E-state index in [1.165, 1.54) is 4.88 Å². The minimum atomic E-state index is -0.322. The second-order valence-corrected chi connectivity index (χ2v) is 11.5. The highest BCUT2D eigenvalue weighted by atomic mass is 32.1. The number of hydrogen-bond acceptors (Lipinski definition) is 6. The lowest BCUT2D eigenvalue weighted by atomic mass is 9.69. The van der Waals surface area contributed by atoms with E-state index in [-0.39, 0.29) is 36.2 Å². The van der Waals surface area contributed by atoms with Gasteiger partial charge in [-0.2, -0.15) is 5.26 Å². The Hall–Kier alpha value is -3.11. The molecule has 0 fully saturated rings. The summed E-state index contributed by atoms with van der Waals surface area (Å²) in [6.45, 7) is 4.33. The number of thiophene rings is 1. The molecule has 0 radical (unpaired) electrons. The van der Waals surface area contributed by atoms with Crippen LogP contribution >= 0.6 is 11.3 Å². The van der Waals surface area contributed by atoms with Crippen LogP contribution in [0.4, 0.5) is 5.00 Å². The van der Waals surface area contributed by atoms with E-state index in [1.807, 2.05) is 18.2 Å². The molecule has 0 spiro atoms. The van der Waals surface area contributed by atoms with Crippen molar-refractivity contribution in [2.75, 3.05) is 11.7 Å². The third-order valence-electron chi connectivity index (χ3n) is 7.41. The molecule has 2 aliphatic carbocycles. The summed E-state index contributed by atoms with van der Waals surface area (Å²) in [6, 6.07) is 8.09. The first-order valence-electron chi connectivity index (χ1n) is 11.9. The molecule has 1 aromatic heterocycles. The summed E-state index contributed by atoms with van der Waals surface area (Å²) in [4.78, 5) is 30.3. The zero-order valence-electron chi connectivity index (χ0n) is 19.4. The summed E-state index contributed by atoms with van der Waals surface area (Å²) in [5, 5.41) is 10.8. The van der Waals surface area contributed by atoms with Gasteiger partial charge in [-0.15, -0.1) is 11.3 Å². The molecule has 0 unspecified atom stereocenters. The number of rotatable bonds is 2. The van der Waals surface area contributed by atoms with Crippen LogP contribution in [0.5, 0.6) is 11.5 Å². The third kappa shape index (κ3) is 3.27. The van der Waals surface area contributed by atoms with Gasteiger partial charge in [-0.05, 0) is 60.8 Å². The van der Waals surface area contributed by atoms with E-state index >= 15 is 0 Å². The maximum atomic E-state index is 13.8. The topological polar surface area (TPSA) is 79.6 Å². The van der Waals surface area contributed by atoms with Gasteiger partial charge in [0.15, 0.2) is 17.3 Å². The smallest absolute Gasteiger partial charge is 0.232 e. The second-order valence-electron chi connectivity index (χ2n) is 10.4. The molecule has 1 amide bonds. The van der Waals surface area contributed by atoms with Crippen LogP contribution in [0.2, 0.25) is 0 Å². The van der Waals surface area contributed by atoms with Crippen LogP contribution in [0, 0.1) is 16.7 Å². The van der Waals surface area contributed by atoms with E-state index in [2.05, 4.69) is 19.9 Å². The van der Waals surface area contributed by atoms with Crippen LogP contribution in [0.15, 0.2) is 29.5 Å². The third-order valence-corrected chi connectivity index (χ3v) is 8.69. The standard InChI is InChI=1S/C27H26N2O4S/c1-27(2)11-19-25(20(30)12-27)17(15-7-8-21-22(9-15)33-14-32-21)10-24(31)29(19)26-18(13-28)16-5-3-4-6-23(16)34-26/h7-9,17H,3-6,10-12,14H2,1-2H3/t17-/m0/s1. The van der Waals surface area contributed by atoms with Gasteiger partial charge in [-0.3, -0.25) is 14.5 Å². The second kappa shape index (κ2) is 7.71. The zero-order chi connectivity index (χ0) is 23.6. The molecule has 34 heavy (non-hydrogen) atoms. The highest BCUT2D eigenvalue weighted by molar-refractivity contribution is 7.16. The molecule has 6 nitrogen and oxygen atoms in total. The quantitative estimate of drug-likeness (QED) is 0.583. The van der Waals surface area contributed by atoms with Gasteiger partial charge in [0.25, 0.3) is 0 Å². The lowest BCUT2D eigenvalue weighted by molar-refractivity contribution is -0.120. The summed E-state index contributed by atoms with van der Waals surface area (Å²) in [5.74, 6) is 1.04. The number of carbonyl (C=O) groups is 2. The maximum Gasteiger partial charge on any atom is 0.232 e. The first kappa shape index (κ1) is 21.4. The number of fused-ring (bicyclic) bond motifs is 2. The van der Waals surface area contributed by atoms with Gasteiger partial charge in [0.2, 0.25) is 12.7 Å². The Labute approximate surface area is 202 Å². The fourth-order valence-electron chi connectivity index (χ4n) is 5.89. The predicted molar refractivity (Wildman–Crippen MR) is 128 cm³/mol. The minimum Gasteiger partial charge on any atom is -0.454 e. The number of allylic oxidation sites excluding steroid dienone is 2. The molecule has 0 saturated carbocycles. The van der Waals surface area contributed by atoms with Gasteiger partial charge in [-0.1, -0.05) is 19.9 Å². The first-order chi connectivity index (χ1) is 16.4. The predicted octanol–water partition coefficient (Wildman–Crippen LogP) is 5.39. The van der Waals surface area contributed by atoms with Gasteiger partial charge < -0.3 is 9.47 Å². The van der Waals surface area contributed by atoms with E-state index < -0.39 is 0 Å². The van der Waals surface area contributed by atoms with Crippen molar-refractivity contribution >= 4 is 28.0 Å². The molecule has 2 aromatic rings. The SMILES string of the molecule is CC1(C)CC(=O)C2=C(C1)N(c1sc3c(c1C#N)CCCC3)C(=O)C[C@H]2c1ccc2c(c1)OCO2. The zero-order valence-corrected chi connectivity index (χ0v) is 20.2. The van der Waals surface area contributed by atoms with E-state index in [0.717, 1.165) is 42.5 Å². The number of benzene rings is 1. The van der Waals surface area contributed by atoms with Gasteiger partial charge in [-0.25, -0.2) is 0 Å². The van der Waals surface area contributed by atoms with E-state index in [1.54, 1.807) is 16.2 Å². The molecule has 2 aliphatic heterocycles. The molecular formula is C27H26N2O4S. The van der Waals surface area contributed by atoms with Crippen LogP contribution < -0.4 is 14.4 Å². The van der Waals surface area contributed by atoms with Crippen molar-refractivity contribution in [3.05, 3.63) is 51.0 Å². The summed E-state index contributed by atoms with van der Waals surface area (Å²) in [5.41, 5.74) is 3.85. The molecule has 1 atom stereocenters. The van der Waals surface area contributed by atoms with Crippen molar-refractivity contribution in [2.45, 2.75) is 64.7 Å². The number of anilines is 1. The van der Waals surface area contributed by atoms with Crippen molar-refractivity contribution in [1.29, 1.82) is 5.26 Å². The summed E-state index contributed by atoms with van der Waals surface area (Å²) >= 11 is 1.57. The number of nitriles is 1. The Balaban J connectivity index is 1.53. The monoisotopic (exact) mass is 474 g/mol. The van der Waals surface area contributed by atoms with Crippen LogP contribution in [-0.4, -0.2) is 18.5 Å². The van der Waals surface area contributed by atoms with Crippen LogP contribution in [0.3, 0.4) is 0 Å². The van der Waals surface area contributed by atoms with Crippen molar-refractivity contribution in [2.24, 2.45) is 5.41 Å². The van der Waals surface area contributed by atoms with E-state index in [0.29, 0.717) is 40.5 Å². The van der Waals surface area contributed by atoms with Crippen LogP contribution in [0.25, 0.3) is 0 Å². The number of ether oxygens (including phenoxy) is 2. The highest BCUT2D eigenvalue weighted by Gasteiger charge is 2.45. The number of Topliss-reactive ketones (excluding diaryl/α,β-unsaturated/α-hetero) is 1. The molecule has 0 bridgehead atoms. The van der Waals surface area contributed by atoms with E-state index in [9.17, 15) is 14.9 Å². The Kier molecular flexibility index (Phi) is 4.86. The fourth-order valence-corrected chi connectivity index (χ4v) is 7.27. The van der Waals surface area contributed by atoms with Gasteiger partial charge >= 0.3 is 0 Å². The molecule has 0 N–H and O–H groups in total. The molecule has 0 saturated heterocycles. The van der Waals surface area contributed by atoms with Gasteiger partial charge in [0, 0.05) is 34.9 Å². The van der Waals surface area contributed by atoms with Crippen LogP contribution in [-0.2, 0) is 22.4 Å². The normalized spacial score (nSPS) is 23.0. The summed E-state index contributed by atoms with van der Waals surface area (Å²) < 4.78 is 11.0. The Morgan fingerprint density at radius 2 is 1.91 bits per heavy atom. The molecule has 3 heterocycles. The van der Waals surface area contributed by atoms with Crippen LogP contribution in [0.1, 0.15) is 73.4 Å². The molecule has 6 rings (SSSR count). The minimum absolute atomic E-state index is 0.0537. The average molecular weight is 475 g/mol. The Bertz CT molecular complexity index is 1310. The van der Waals surface area contributed by atoms with Gasteiger partial charge in [0.05, 0.1) is 5.56 Å². The highest BCUT2D eigenvalue weighted by Crippen LogP contribution is 2.51. The maximum absolute atomic E-state index is 13.8. The molecule has 7 heteroatoms. The van der Waals surface area contributed by atoms with Gasteiger partial charge in [0.1, 0.15) is 11.1 Å². The van der Waals surface area contributed by atoms with Crippen molar-refractivity contribution in [1.82, 2.24) is 0 Å². The summed E-state index contributed by atoms with van der Waals surface area (Å²) in [7, 11) is 0. The van der Waals surface area contributed by atoms with Crippen molar-refractivity contribution in [3.63, 3.8) is 0 Å².